The fourth-order valence-corrected chi connectivity index (χ4v) is 8.23. The summed E-state index contributed by atoms with van der Waals surface area (Å²) in [5.41, 5.74) is 9.02. The van der Waals surface area contributed by atoms with Gasteiger partial charge in [0.05, 0.1) is 22.2 Å². The standard InChI is InChI=1S/C43H27N3S/c1-4-12-28(13-5-1)31-22-37(29-14-6-2-7-15-29)44-43(24-31)46-39-23-30-20-21-45(32-16-8-3-9-17-32)38(30)26-35(39)34-25-36-33-18-10-11-19-41(33)47-42(36)27-40(34)46/h1-27H. The van der Waals surface area contributed by atoms with Crippen LogP contribution in [0.5, 0.6) is 0 Å². The molecule has 0 aliphatic carbocycles. The topological polar surface area (TPSA) is 22.8 Å². The Bertz CT molecular complexity index is 2710. The van der Waals surface area contributed by atoms with Crippen molar-refractivity contribution in [2.75, 3.05) is 0 Å². The van der Waals surface area contributed by atoms with Gasteiger partial charge in [-0.1, -0.05) is 97.1 Å². The van der Waals surface area contributed by atoms with Gasteiger partial charge >= 0.3 is 0 Å². The van der Waals surface area contributed by atoms with E-state index in [0.29, 0.717) is 0 Å². The number of rotatable bonds is 4. The van der Waals surface area contributed by atoms with Crippen molar-refractivity contribution in [1.29, 1.82) is 0 Å². The third kappa shape index (κ3) is 4.16. The second-order valence-corrected chi connectivity index (χ2v) is 13.2. The van der Waals surface area contributed by atoms with Crippen LogP contribution in [0.3, 0.4) is 0 Å². The molecule has 0 aliphatic heterocycles. The predicted octanol–water partition coefficient (Wildman–Crippen LogP) is 11.8. The molecule has 0 amide bonds. The number of pyridine rings is 1. The summed E-state index contributed by atoms with van der Waals surface area (Å²) in [7, 11) is 0. The Hall–Kier alpha value is -5.97. The molecule has 220 valence electrons. The van der Waals surface area contributed by atoms with E-state index >= 15 is 0 Å². The van der Waals surface area contributed by atoms with Crippen LogP contribution in [-0.4, -0.2) is 14.1 Å². The summed E-state index contributed by atoms with van der Waals surface area (Å²) < 4.78 is 7.26. The van der Waals surface area contributed by atoms with Crippen molar-refractivity contribution in [1.82, 2.24) is 14.1 Å². The average molecular weight is 618 g/mol. The number of fused-ring (bicyclic) bond motifs is 7. The number of hydrogen-bond donors (Lipinski definition) is 0. The zero-order valence-corrected chi connectivity index (χ0v) is 26.2. The second kappa shape index (κ2) is 10.3. The molecule has 0 atom stereocenters. The minimum Gasteiger partial charge on any atom is -0.317 e. The summed E-state index contributed by atoms with van der Waals surface area (Å²) in [6.07, 6.45) is 2.18. The lowest BCUT2D eigenvalue weighted by Gasteiger charge is -2.13. The Kier molecular flexibility index (Phi) is 5.74. The van der Waals surface area contributed by atoms with E-state index in [1.165, 1.54) is 47.4 Å². The smallest absolute Gasteiger partial charge is 0.138 e. The third-order valence-electron chi connectivity index (χ3n) is 9.33. The molecule has 4 heteroatoms. The molecule has 4 aromatic heterocycles. The molecule has 0 aliphatic rings. The highest BCUT2D eigenvalue weighted by molar-refractivity contribution is 7.25. The van der Waals surface area contributed by atoms with E-state index in [1.807, 2.05) is 11.3 Å². The van der Waals surface area contributed by atoms with E-state index in [4.69, 9.17) is 4.98 Å². The molecule has 0 bridgehead atoms. The third-order valence-corrected chi connectivity index (χ3v) is 10.5. The molecule has 47 heavy (non-hydrogen) atoms. The second-order valence-electron chi connectivity index (χ2n) is 12.1. The number of para-hydroxylation sites is 1. The molecular formula is C43H27N3S. The lowest BCUT2D eigenvalue weighted by Crippen LogP contribution is -2.00. The Labute approximate surface area is 275 Å². The molecule has 0 spiro atoms. The normalized spacial score (nSPS) is 11.8. The molecule has 10 rings (SSSR count). The molecule has 10 aromatic rings. The van der Waals surface area contributed by atoms with Gasteiger partial charge in [0.15, 0.2) is 0 Å². The highest BCUT2D eigenvalue weighted by Gasteiger charge is 2.19. The van der Waals surface area contributed by atoms with Gasteiger partial charge in [-0.15, -0.1) is 11.3 Å². The first-order valence-corrected chi connectivity index (χ1v) is 16.7. The first kappa shape index (κ1) is 26.3. The van der Waals surface area contributed by atoms with Crippen LogP contribution in [0.25, 0.3) is 86.8 Å². The highest BCUT2D eigenvalue weighted by atomic mass is 32.1. The van der Waals surface area contributed by atoms with Crippen LogP contribution in [-0.2, 0) is 0 Å². The van der Waals surface area contributed by atoms with Gasteiger partial charge in [0.1, 0.15) is 5.82 Å². The van der Waals surface area contributed by atoms with Crippen LogP contribution < -0.4 is 0 Å². The summed E-state index contributed by atoms with van der Waals surface area (Å²) in [4.78, 5) is 5.39. The van der Waals surface area contributed by atoms with Crippen LogP contribution in [0.15, 0.2) is 164 Å². The van der Waals surface area contributed by atoms with Gasteiger partial charge < -0.3 is 4.57 Å². The summed E-state index contributed by atoms with van der Waals surface area (Å²) in [6, 6.07) is 56.6. The molecule has 3 nitrogen and oxygen atoms in total. The van der Waals surface area contributed by atoms with Crippen molar-refractivity contribution in [3.63, 3.8) is 0 Å². The van der Waals surface area contributed by atoms with Gasteiger partial charge in [0.25, 0.3) is 0 Å². The minimum atomic E-state index is 0.910. The van der Waals surface area contributed by atoms with Gasteiger partial charge in [0.2, 0.25) is 0 Å². The Morgan fingerprint density at radius 2 is 1.13 bits per heavy atom. The summed E-state index contributed by atoms with van der Waals surface area (Å²) >= 11 is 1.86. The van der Waals surface area contributed by atoms with Crippen LogP contribution in [0.2, 0.25) is 0 Å². The fraction of sp³-hybridized carbons (Fsp3) is 0. The zero-order chi connectivity index (χ0) is 30.9. The summed E-state index contributed by atoms with van der Waals surface area (Å²) in [6.45, 7) is 0. The maximum Gasteiger partial charge on any atom is 0.138 e. The van der Waals surface area contributed by atoms with Crippen molar-refractivity contribution in [2.24, 2.45) is 0 Å². The molecule has 0 saturated heterocycles. The minimum absolute atomic E-state index is 0.910. The first-order chi connectivity index (χ1) is 23.3. The average Bonchev–Trinajstić information content (AvgIpc) is 3.81. The molecule has 0 unspecified atom stereocenters. The van der Waals surface area contributed by atoms with Gasteiger partial charge in [-0.05, 0) is 71.8 Å². The van der Waals surface area contributed by atoms with Gasteiger partial charge in [-0.3, -0.25) is 4.57 Å². The largest absolute Gasteiger partial charge is 0.317 e. The predicted molar refractivity (Wildman–Crippen MR) is 199 cm³/mol. The highest BCUT2D eigenvalue weighted by Crippen LogP contribution is 2.42. The molecule has 6 aromatic carbocycles. The molecular weight excluding hydrogens is 591 g/mol. The van der Waals surface area contributed by atoms with Crippen molar-refractivity contribution in [2.45, 2.75) is 0 Å². The monoisotopic (exact) mass is 617 g/mol. The number of thiophene rings is 1. The van der Waals surface area contributed by atoms with E-state index < -0.39 is 0 Å². The van der Waals surface area contributed by atoms with Crippen molar-refractivity contribution in [3.05, 3.63) is 164 Å². The van der Waals surface area contributed by atoms with E-state index in [1.54, 1.807) is 0 Å². The summed E-state index contributed by atoms with van der Waals surface area (Å²) in [5, 5.41) is 6.24. The quantitative estimate of drug-likeness (QED) is 0.193. The van der Waals surface area contributed by atoms with Gasteiger partial charge in [-0.2, -0.15) is 0 Å². The molecule has 0 radical (unpaired) electrons. The number of aromatic nitrogens is 3. The number of nitrogens with zero attached hydrogens (tertiary/aromatic N) is 3. The van der Waals surface area contributed by atoms with Crippen LogP contribution in [0, 0.1) is 0 Å². The van der Waals surface area contributed by atoms with E-state index in [0.717, 1.165) is 39.4 Å². The first-order valence-electron chi connectivity index (χ1n) is 15.9. The van der Waals surface area contributed by atoms with E-state index in [-0.39, 0.29) is 0 Å². The van der Waals surface area contributed by atoms with Crippen molar-refractivity contribution >= 4 is 64.2 Å². The number of hydrogen-bond acceptors (Lipinski definition) is 2. The van der Waals surface area contributed by atoms with Crippen molar-refractivity contribution in [3.8, 4) is 33.9 Å². The molecule has 0 N–H and O–H groups in total. The van der Waals surface area contributed by atoms with Gasteiger partial charge in [-0.25, -0.2) is 4.98 Å². The molecule has 0 fully saturated rings. The zero-order valence-electron chi connectivity index (χ0n) is 25.3. The summed E-state index contributed by atoms with van der Waals surface area (Å²) in [5.74, 6) is 0.910. The Morgan fingerprint density at radius 1 is 0.447 bits per heavy atom. The van der Waals surface area contributed by atoms with Crippen LogP contribution >= 0.6 is 11.3 Å². The molecule has 0 saturated carbocycles. The van der Waals surface area contributed by atoms with Crippen LogP contribution in [0.1, 0.15) is 0 Å². The van der Waals surface area contributed by atoms with Crippen LogP contribution in [0.4, 0.5) is 0 Å². The lowest BCUT2D eigenvalue weighted by molar-refractivity contribution is 1.09. The maximum absolute atomic E-state index is 5.39. The van der Waals surface area contributed by atoms with E-state index in [9.17, 15) is 0 Å². The maximum atomic E-state index is 5.39. The van der Waals surface area contributed by atoms with E-state index in [2.05, 4.69) is 173 Å². The van der Waals surface area contributed by atoms with Gasteiger partial charge in [0, 0.05) is 53.8 Å². The lowest BCUT2D eigenvalue weighted by atomic mass is 10.0. The Balaban J connectivity index is 1.33. The number of benzene rings is 6. The fourth-order valence-electron chi connectivity index (χ4n) is 7.11. The SMILES string of the molecule is c1ccc(-c2cc(-c3ccccc3)nc(-n3c4cc5ccn(-c6ccccc6)c5cc4c4cc5c(cc43)sc3ccccc35)c2)cc1. The van der Waals surface area contributed by atoms with Crippen molar-refractivity contribution < 1.29 is 0 Å². The molecule has 4 heterocycles. The Morgan fingerprint density at radius 3 is 1.94 bits per heavy atom.